The first-order valence-corrected chi connectivity index (χ1v) is 7.78. The van der Waals surface area contributed by atoms with Crippen LogP contribution in [0.15, 0.2) is 40.3 Å². The van der Waals surface area contributed by atoms with Gasteiger partial charge < -0.3 is 14.3 Å². The second-order valence-electron chi connectivity index (χ2n) is 4.83. The molecule has 2 aromatic heterocycles. The Labute approximate surface area is 121 Å². The number of rotatable bonds is 4. The van der Waals surface area contributed by atoms with Crippen molar-refractivity contribution in [2.45, 2.75) is 17.3 Å². The minimum atomic E-state index is -3.74. The van der Waals surface area contributed by atoms with Gasteiger partial charge in [-0.2, -0.15) is 9.40 Å². The molecular formula is C12H15N3O5S. The van der Waals surface area contributed by atoms with Crippen molar-refractivity contribution in [3.63, 3.8) is 0 Å². The molecule has 0 aromatic carbocycles. The van der Waals surface area contributed by atoms with E-state index in [1.165, 1.54) is 24.6 Å². The summed E-state index contributed by atoms with van der Waals surface area (Å²) in [5, 5.41) is 13.8. The molecule has 0 unspecified atom stereocenters. The van der Waals surface area contributed by atoms with Gasteiger partial charge in [-0.05, 0) is 12.1 Å². The number of sulfonamides is 1. The predicted molar refractivity (Wildman–Crippen MR) is 71.1 cm³/mol. The minimum absolute atomic E-state index is 0.0338. The number of aliphatic hydroxyl groups is 1. The number of hydrogen-bond acceptors (Lipinski definition) is 6. The summed E-state index contributed by atoms with van der Waals surface area (Å²) in [6.45, 7) is 0.0209. The molecule has 8 nitrogen and oxygen atoms in total. The highest BCUT2D eigenvalue weighted by molar-refractivity contribution is 7.89. The Morgan fingerprint density at radius 3 is 2.90 bits per heavy atom. The van der Waals surface area contributed by atoms with Crippen LogP contribution in [0.5, 0.6) is 5.75 Å². The van der Waals surface area contributed by atoms with Gasteiger partial charge in [0.1, 0.15) is 12.2 Å². The fourth-order valence-corrected chi connectivity index (χ4v) is 3.58. The Kier molecular flexibility index (Phi) is 3.47. The van der Waals surface area contributed by atoms with Crippen molar-refractivity contribution in [2.24, 2.45) is 7.05 Å². The van der Waals surface area contributed by atoms with Gasteiger partial charge in [-0.3, -0.25) is 4.68 Å². The van der Waals surface area contributed by atoms with Gasteiger partial charge in [0.25, 0.3) is 10.0 Å². The van der Waals surface area contributed by atoms with E-state index in [9.17, 15) is 13.5 Å². The SMILES string of the molecule is Cn1cc(O[C@@H]2CN(S(=O)(=O)c3ccco3)C[C@H]2O)cn1. The molecule has 21 heavy (non-hydrogen) atoms. The lowest BCUT2D eigenvalue weighted by Crippen LogP contribution is -2.31. The maximum absolute atomic E-state index is 12.3. The summed E-state index contributed by atoms with van der Waals surface area (Å²) in [7, 11) is -2.00. The number of furan rings is 1. The minimum Gasteiger partial charge on any atom is -0.483 e. The Hall–Kier alpha value is -1.84. The first-order chi connectivity index (χ1) is 9.96. The number of nitrogens with zero attached hydrogens (tertiary/aromatic N) is 3. The molecule has 0 radical (unpaired) electrons. The normalized spacial score (nSPS) is 23.5. The number of aromatic nitrogens is 2. The summed E-state index contributed by atoms with van der Waals surface area (Å²) in [6, 6.07) is 2.88. The molecule has 3 heterocycles. The van der Waals surface area contributed by atoms with Gasteiger partial charge in [0.05, 0.1) is 25.2 Å². The average molecular weight is 313 g/mol. The van der Waals surface area contributed by atoms with E-state index in [-0.39, 0.29) is 18.2 Å². The third kappa shape index (κ3) is 2.67. The zero-order chi connectivity index (χ0) is 15.0. The largest absolute Gasteiger partial charge is 0.483 e. The maximum Gasteiger partial charge on any atom is 0.276 e. The fraction of sp³-hybridized carbons (Fsp3) is 0.417. The third-order valence-electron chi connectivity index (χ3n) is 3.26. The van der Waals surface area contributed by atoms with Crippen LogP contribution in [0.2, 0.25) is 0 Å². The van der Waals surface area contributed by atoms with Gasteiger partial charge >= 0.3 is 0 Å². The van der Waals surface area contributed by atoms with Gasteiger partial charge in [0.2, 0.25) is 5.09 Å². The first-order valence-electron chi connectivity index (χ1n) is 6.34. The monoisotopic (exact) mass is 313 g/mol. The van der Waals surface area contributed by atoms with Crippen LogP contribution in [-0.4, -0.2) is 52.9 Å². The molecule has 0 aliphatic carbocycles. The van der Waals surface area contributed by atoms with Crippen LogP contribution >= 0.6 is 0 Å². The fourth-order valence-electron chi connectivity index (χ4n) is 2.21. The molecule has 114 valence electrons. The van der Waals surface area contributed by atoms with Gasteiger partial charge in [-0.1, -0.05) is 0 Å². The Balaban J connectivity index is 1.74. The molecular weight excluding hydrogens is 298 g/mol. The van der Waals surface area contributed by atoms with Crippen molar-refractivity contribution < 1.29 is 22.7 Å². The molecule has 2 atom stereocenters. The number of aliphatic hydroxyl groups excluding tert-OH is 1. The highest BCUT2D eigenvalue weighted by Crippen LogP contribution is 2.24. The van der Waals surface area contributed by atoms with E-state index in [0.29, 0.717) is 5.75 Å². The Bertz CT molecular complexity index is 709. The van der Waals surface area contributed by atoms with Crippen molar-refractivity contribution in [2.75, 3.05) is 13.1 Å². The molecule has 1 fully saturated rings. The van der Waals surface area contributed by atoms with Crippen LogP contribution in [0.25, 0.3) is 0 Å². The van der Waals surface area contributed by atoms with Gasteiger partial charge in [-0.25, -0.2) is 8.42 Å². The molecule has 1 aliphatic heterocycles. The molecule has 0 spiro atoms. The highest BCUT2D eigenvalue weighted by atomic mass is 32.2. The van der Waals surface area contributed by atoms with E-state index in [1.54, 1.807) is 17.9 Å². The molecule has 1 aliphatic rings. The van der Waals surface area contributed by atoms with Gasteiger partial charge in [-0.15, -0.1) is 0 Å². The lowest BCUT2D eigenvalue weighted by atomic mass is 10.3. The maximum atomic E-state index is 12.3. The van der Waals surface area contributed by atoms with Crippen molar-refractivity contribution in [1.82, 2.24) is 14.1 Å². The quantitative estimate of drug-likeness (QED) is 0.841. The van der Waals surface area contributed by atoms with Crippen LogP contribution in [0, 0.1) is 0 Å². The van der Waals surface area contributed by atoms with Crippen LogP contribution in [-0.2, 0) is 17.1 Å². The highest BCUT2D eigenvalue weighted by Gasteiger charge is 2.41. The second kappa shape index (κ2) is 5.17. The summed E-state index contributed by atoms with van der Waals surface area (Å²) < 4.78 is 37.8. The average Bonchev–Trinajstić information content (AvgIpc) is 3.13. The molecule has 3 rings (SSSR count). The number of ether oxygens (including phenoxy) is 1. The standard InChI is InChI=1S/C12H15N3O5S/c1-14-6-9(5-13-14)20-11-8-15(7-10(11)16)21(17,18)12-3-2-4-19-12/h2-6,10-11,16H,7-8H2,1H3/t10-,11-/m1/s1. The Morgan fingerprint density at radius 2 is 2.29 bits per heavy atom. The number of β-amino-alcohol motifs (C(OH)–C–C–N with tert-alkyl or cyclic N) is 1. The molecule has 0 saturated carbocycles. The molecule has 9 heteroatoms. The van der Waals surface area contributed by atoms with Gasteiger partial charge in [0.15, 0.2) is 5.75 Å². The third-order valence-corrected chi connectivity index (χ3v) is 4.98. The lowest BCUT2D eigenvalue weighted by molar-refractivity contribution is 0.0737. The molecule has 2 aromatic rings. The van der Waals surface area contributed by atoms with E-state index in [0.717, 1.165) is 4.31 Å². The van der Waals surface area contributed by atoms with E-state index in [4.69, 9.17) is 9.15 Å². The van der Waals surface area contributed by atoms with Crippen molar-refractivity contribution in [1.29, 1.82) is 0 Å². The Morgan fingerprint density at radius 1 is 1.48 bits per heavy atom. The van der Waals surface area contributed by atoms with Gasteiger partial charge in [0, 0.05) is 13.6 Å². The van der Waals surface area contributed by atoms with Crippen LogP contribution < -0.4 is 4.74 Å². The van der Waals surface area contributed by atoms with E-state index in [1.807, 2.05) is 0 Å². The van der Waals surface area contributed by atoms with E-state index < -0.39 is 22.2 Å². The topological polar surface area (TPSA) is 97.8 Å². The summed E-state index contributed by atoms with van der Waals surface area (Å²) in [5.41, 5.74) is 0. The van der Waals surface area contributed by atoms with Crippen LogP contribution in [0.1, 0.15) is 0 Å². The zero-order valence-electron chi connectivity index (χ0n) is 11.3. The summed E-state index contributed by atoms with van der Waals surface area (Å²) >= 11 is 0. The van der Waals surface area contributed by atoms with Crippen molar-refractivity contribution in [3.05, 3.63) is 30.8 Å². The molecule has 0 amide bonds. The van der Waals surface area contributed by atoms with Crippen molar-refractivity contribution in [3.8, 4) is 5.75 Å². The predicted octanol–water partition coefficient (Wildman–Crippen LogP) is -0.174. The number of hydrogen-bond donors (Lipinski definition) is 1. The summed E-state index contributed by atoms with van der Waals surface area (Å²) in [5.74, 6) is 0.485. The van der Waals surface area contributed by atoms with Crippen LogP contribution in [0.4, 0.5) is 0 Å². The molecule has 1 saturated heterocycles. The summed E-state index contributed by atoms with van der Waals surface area (Å²) in [4.78, 5) is 0. The molecule has 1 N–H and O–H groups in total. The van der Waals surface area contributed by atoms with Crippen molar-refractivity contribution >= 4 is 10.0 Å². The second-order valence-corrected chi connectivity index (χ2v) is 6.70. The van der Waals surface area contributed by atoms with Crippen LogP contribution in [0.3, 0.4) is 0 Å². The first kappa shape index (κ1) is 14.1. The smallest absolute Gasteiger partial charge is 0.276 e. The molecule has 0 bridgehead atoms. The summed E-state index contributed by atoms with van der Waals surface area (Å²) in [6.07, 6.45) is 2.91. The number of aryl methyl sites for hydroxylation is 1. The lowest BCUT2D eigenvalue weighted by Gasteiger charge is -2.15. The van der Waals surface area contributed by atoms with E-state index in [2.05, 4.69) is 5.10 Å². The zero-order valence-corrected chi connectivity index (χ0v) is 12.1. The van der Waals surface area contributed by atoms with E-state index >= 15 is 0 Å².